The maximum absolute atomic E-state index is 4.85. The van der Waals surface area contributed by atoms with Crippen molar-refractivity contribution >= 4 is 27.4 Å². The number of aromatic nitrogens is 2. The summed E-state index contributed by atoms with van der Waals surface area (Å²) in [5.41, 5.74) is 2.74. The highest BCUT2D eigenvalue weighted by Gasteiger charge is 2.20. The SMILES string of the molecule is CNc1nc(Cc2ccccc2)nc2sc3c(c12)CCCC3. The Balaban J connectivity index is 1.81. The van der Waals surface area contributed by atoms with Crippen molar-refractivity contribution in [1.29, 1.82) is 0 Å². The zero-order valence-corrected chi connectivity index (χ0v) is 13.5. The van der Waals surface area contributed by atoms with Gasteiger partial charge < -0.3 is 5.32 Å². The third kappa shape index (κ3) is 2.37. The summed E-state index contributed by atoms with van der Waals surface area (Å²) in [6, 6.07) is 10.4. The van der Waals surface area contributed by atoms with Gasteiger partial charge in [0.05, 0.1) is 5.39 Å². The summed E-state index contributed by atoms with van der Waals surface area (Å²) in [6.07, 6.45) is 5.75. The van der Waals surface area contributed by atoms with E-state index in [4.69, 9.17) is 9.97 Å². The van der Waals surface area contributed by atoms with Crippen molar-refractivity contribution in [2.45, 2.75) is 32.1 Å². The summed E-state index contributed by atoms with van der Waals surface area (Å²) >= 11 is 1.86. The van der Waals surface area contributed by atoms with Crippen LogP contribution in [0.3, 0.4) is 0 Å². The smallest absolute Gasteiger partial charge is 0.138 e. The molecule has 0 unspecified atom stereocenters. The molecule has 0 amide bonds. The average molecular weight is 309 g/mol. The van der Waals surface area contributed by atoms with Crippen LogP contribution in [0.2, 0.25) is 0 Å². The minimum atomic E-state index is 0.786. The van der Waals surface area contributed by atoms with Crippen molar-refractivity contribution in [2.75, 3.05) is 12.4 Å². The molecule has 1 N–H and O–H groups in total. The van der Waals surface area contributed by atoms with Gasteiger partial charge in [-0.3, -0.25) is 0 Å². The van der Waals surface area contributed by atoms with E-state index in [-0.39, 0.29) is 0 Å². The fraction of sp³-hybridized carbons (Fsp3) is 0.333. The van der Waals surface area contributed by atoms with E-state index in [2.05, 4.69) is 29.6 Å². The van der Waals surface area contributed by atoms with Gasteiger partial charge in [0, 0.05) is 18.3 Å². The van der Waals surface area contributed by atoms with Gasteiger partial charge in [-0.25, -0.2) is 9.97 Å². The number of aryl methyl sites for hydroxylation is 2. The lowest BCUT2D eigenvalue weighted by Crippen LogP contribution is -2.03. The molecule has 4 rings (SSSR count). The molecule has 1 aliphatic carbocycles. The largest absolute Gasteiger partial charge is 0.372 e. The van der Waals surface area contributed by atoms with Crippen molar-refractivity contribution in [1.82, 2.24) is 9.97 Å². The fourth-order valence-corrected chi connectivity index (χ4v) is 4.52. The highest BCUT2D eigenvalue weighted by atomic mass is 32.1. The third-order valence-electron chi connectivity index (χ3n) is 4.30. The highest BCUT2D eigenvalue weighted by molar-refractivity contribution is 7.19. The second-order valence-corrected chi connectivity index (χ2v) is 6.88. The van der Waals surface area contributed by atoms with E-state index in [1.54, 1.807) is 0 Å². The van der Waals surface area contributed by atoms with Crippen LogP contribution in [0.1, 0.15) is 34.7 Å². The molecule has 3 nitrogen and oxygen atoms in total. The zero-order valence-electron chi connectivity index (χ0n) is 12.7. The predicted octanol–water partition coefficient (Wildman–Crippen LogP) is 4.20. The Morgan fingerprint density at radius 2 is 1.91 bits per heavy atom. The molecule has 0 radical (unpaired) electrons. The minimum Gasteiger partial charge on any atom is -0.372 e. The minimum absolute atomic E-state index is 0.786. The number of hydrogen-bond donors (Lipinski definition) is 1. The Labute approximate surface area is 134 Å². The molecule has 112 valence electrons. The second-order valence-electron chi connectivity index (χ2n) is 5.79. The van der Waals surface area contributed by atoms with Crippen LogP contribution < -0.4 is 5.32 Å². The van der Waals surface area contributed by atoms with E-state index in [1.807, 2.05) is 24.5 Å². The molecule has 0 aliphatic heterocycles. The number of nitrogens with one attached hydrogen (secondary N) is 1. The van der Waals surface area contributed by atoms with Crippen molar-refractivity contribution in [3.8, 4) is 0 Å². The van der Waals surface area contributed by atoms with Gasteiger partial charge in [0.15, 0.2) is 0 Å². The van der Waals surface area contributed by atoms with E-state index < -0.39 is 0 Å². The molecule has 1 aliphatic rings. The van der Waals surface area contributed by atoms with E-state index in [1.165, 1.54) is 47.1 Å². The van der Waals surface area contributed by atoms with Gasteiger partial charge in [0.25, 0.3) is 0 Å². The Kier molecular flexibility index (Phi) is 3.54. The molecular weight excluding hydrogens is 290 g/mol. The van der Waals surface area contributed by atoms with E-state index in [0.29, 0.717) is 0 Å². The summed E-state index contributed by atoms with van der Waals surface area (Å²) in [5.74, 6) is 1.90. The molecule has 1 aromatic carbocycles. The summed E-state index contributed by atoms with van der Waals surface area (Å²) in [5, 5.41) is 4.55. The maximum atomic E-state index is 4.85. The highest BCUT2D eigenvalue weighted by Crippen LogP contribution is 2.38. The quantitative estimate of drug-likeness (QED) is 0.788. The van der Waals surface area contributed by atoms with Crippen LogP contribution >= 0.6 is 11.3 Å². The van der Waals surface area contributed by atoms with Gasteiger partial charge in [0.1, 0.15) is 16.5 Å². The van der Waals surface area contributed by atoms with E-state index in [0.717, 1.165) is 22.9 Å². The number of benzene rings is 1. The van der Waals surface area contributed by atoms with Crippen LogP contribution in [0.4, 0.5) is 5.82 Å². The Morgan fingerprint density at radius 3 is 2.73 bits per heavy atom. The molecule has 0 saturated carbocycles. The van der Waals surface area contributed by atoms with Gasteiger partial charge in [0.2, 0.25) is 0 Å². The molecule has 0 spiro atoms. The fourth-order valence-electron chi connectivity index (χ4n) is 3.24. The summed E-state index contributed by atoms with van der Waals surface area (Å²) < 4.78 is 0. The van der Waals surface area contributed by atoms with Crippen molar-refractivity contribution < 1.29 is 0 Å². The molecule has 0 fully saturated rings. The average Bonchev–Trinajstić information content (AvgIpc) is 2.93. The summed E-state index contributed by atoms with van der Waals surface area (Å²) in [6.45, 7) is 0. The molecule has 0 bridgehead atoms. The third-order valence-corrected chi connectivity index (χ3v) is 5.49. The van der Waals surface area contributed by atoms with E-state index >= 15 is 0 Å². The van der Waals surface area contributed by atoms with Gasteiger partial charge in [-0.15, -0.1) is 11.3 Å². The van der Waals surface area contributed by atoms with Gasteiger partial charge in [-0.1, -0.05) is 30.3 Å². The van der Waals surface area contributed by atoms with Gasteiger partial charge in [-0.2, -0.15) is 0 Å². The predicted molar refractivity (Wildman–Crippen MR) is 92.9 cm³/mol. The van der Waals surface area contributed by atoms with Gasteiger partial charge in [-0.05, 0) is 36.8 Å². The Morgan fingerprint density at radius 1 is 1.09 bits per heavy atom. The normalized spacial score (nSPS) is 14.0. The maximum Gasteiger partial charge on any atom is 0.138 e. The standard InChI is InChI=1S/C18H19N3S/c1-19-17-16-13-9-5-6-10-14(13)22-18(16)21-15(20-17)11-12-7-3-2-4-8-12/h2-4,7-8H,5-6,9-11H2,1H3,(H,19,20,21). The molecule has 2 heterocycles. The number of nitrogens with zero attached hydrogens (tertiary/aromatic N) is 2. The number of anilines is 1. The van der Waals surface area contributed by atoms with Crippen LogP contribution in [-0.2, 0) is 19.3 Å². The molecule has 4 heteroatoms. The first kappa shape index (κ1) is 13.7. The first-order valence-electron chi connectivity index (χ1n) is 7.88. The molecule has 2 aromatic heterocycles. The molecular formula is C18H19N3S. The topological polar surface area (TPSA) is 37.8 Å². The van der Waals surface area contributed by atoms with Crippen molar-refractivity contribution in [3.05, 3.63) is 52.2 Å². The number of rotatable bonds is 3. The number of fused-ring (bicyclic) bond motifs is 3. The first-order chi connectivity index (χ1) is 10.8. The van der Waals surface area contributed by atoms with Crippen LogP contribution in [-0.4, -0.2) is 17.0 Å². The molecule has 22 heavy (non-hydrogen) atoms. The second kappa shape index (κ2) is 5.69. The van der Waals surface area contributed by atoms with Crippen molar-refractivity contribution in [3.63, 3.8) is 0 Å². The monoisotopic (exact) mass is 309 g/mol. The lowest BCUT2D eigenvalue weighted by molar-refractivity contribution is 0.700. The van der Waals surface area contributed by atoms with Crippen molar-refractivity contribution in [2.24, 2.45) is 0 Å². The number of thiophene rings is 1. The molecule has 3 aromatic rings. The summed E-state index contributed by atoms with van der Waals surface area (Å²) in [7, 11) is 1.96. The van der Waals surface area contributed by atoms with Crippen LogP contribution in [0, 0.1) is 0 Å². The zero-order chi connectivity index (χ0) is 14.9. The summed E-state index contributed by atoms with van der Waals surface area (Å²) in [4.78, 5) is 12.3. The van der Waals surface area contributed by atoms with E-state index in [9.17, 15) is 0 Å². The lowest BCUT2D eigenvalue weighted by atomic mass is 9.97. The first-order valence-corrected chi connectivity index (χ1v) is 8.69. The molecule has 0 atom stereocenters. The van der Waals surface area contributed by atoms with Crippen LogP contribution in [0.15, 0.2) is 30.3 Å². The van der Waals surface area contributed by atoms with Gasteiger partial charge >= 0.3 is 0 Å². The van der Waals surface area contributed by atoms with Crippen LogP contribution in [0.25, 0.3) is 10.2 Å². The molecule has 0 saturated heterocycles. The Hall–Kier alpha value is -1.94. The number of hydrogen-bond acceptors (Lipinski definition) is 4. The lowest BCUT2D eigenvalue weighted by Gasteiger charge is -2.12. The van der Waals surface area contributed by atoms with Crippen LogP contribution in [0.5, 0.6) is 0 Å². The Bertz CT molecular complexity index is 808.